The van der Waals surface area contributed by atoms with Crippen LogP contribution in [-0.4, -0.2) is 39.5 Å². The number of fused-ring (bicyclic) bond motifs is 3. The van der Waals surface area contributed by atoms with Gasteiger partial charge in [-0.1, -0.05) is 0 Å². The number of sulfone groups is 1. The van der Waals surface area contributed by atoms with E-state index >= 15 is 0 Å². The summed E-state index contributed by atoms with van der Waals surface area (Å²) >= 11 is 0. The van der Waals surface area contributed by atoms with Crippen LogP contribution >= 0.6 is 0 Å². The van der Waals surface area contributed by atoms with Crippen LogP contribution in [0.25, 0.3) is 0 Å². The normalized spacial score (nSPS) is 23.4. The van der Waals surface area contributed by atoms with Crippen LogP contribution in [0.4, 0.5) is 10.1 Å². The summed E-state index contributed by atoms with van der Waals surface area (Å²) in [5.41, 5.74) is 2.13. The number of hydrogen-bond donors (Lipinski definition) is 1. The summed E-state index contributed by atoms with van der Waals surface area (Å²) in [4.78, 5) is 2.72. The second kappa shape index (κ2) is 6.11. The van der Waals surface area contributed by atoms with Crippen molar-refractivity contribution in [2.45, 2.75) is 34.6 Å². The standard InChI is InChI=1S/C19H21FN2O2S/c1-22-10-8-16-17-12-15(6-7-18(17)21-19(16)9-11-22)25(23,24)14-4-2-13(20)3-5-14/h2-7,12,16,19,21H,8-11H2,1H3/t16-,19+/m1/s1. The molecule has 2 aromatic carbocycles. The van der Waals surface area contributed by atoms with Crippen molar-refractivity contribution in [1.82, 2.24) is 4.90 Å². The predicted octanol–water partition coefficient (Wildman–Crippen LogP) is 3.26. The summed E-state index contributed by atoms with van der Waals surface area (Å²) in [6.45, 7) is 2.06. The monoisotopic (exact) mass is 360 g/mol. The molecule has 132 valence electrons. The lowest BCUT2D eigenvalue weighted by Gasteiger charge is -2.16. The Bertz CT molecular complexity index is 896. The maximum atomic E-state index is 13.1. The Hall–Kier alpha value is -1.92. The molecule has 0 bridgehead atoms. The van der Waals surface area contributed by atoms with E-state index in [2.05, 4.69) is 17.3 Å². The maximum absolute atomic E-state index is 13.1. The van der Waals surface area contributed by atoms with Gasteiger partial charge in [-0.3, -0.25) is 0 Å². The van der Waals surface area contributed by atoms with E-state index in [1.54, 1.807) is 12.1 Å². The zero-order valence-electron chi connectivity index (χ0n) is 14.1. The molecule has 2 aliphatic rings. The first kappa shape index (κ1) is 16.5. The van der Waals surface area contributed by atoms with Gasteiger partial charge in [-0.2, -0.15) is 0 Å². The lowest BCUT2D eigenvalue weighted by molar-refractivity contribution is 0.346. The second-order valence-corrected chi connectivity index (χ2v) is 8.89. The van der Waals surface area contributed by atoms with Crippen LogP contribution in [0.3, 0.4) is 0 Å². The van der Waals surface area contributed by atoms with E-state index in [1.165, 1.54) is 24.3 Å². The Kier molecular flexibility index (Phi) is 4.04. The van der Waals surface area contributed by atoms with Crippen LogP contribution < -0.4 is 5.32 Å². The number of likely N-dealkylation sites (tertiary alicyclic amines) is 1. The lowest BCUT2D eigenvalue weighted by Crippen LogP contribution is -2.22. The van der Waals surface area contributed by atoms with Crippen molar-refractivity contribution in [1.29, 1.82) is 0 Å². The van der Waals surface area contributed by atoms with E-state index in [0.29, 0.717) is 12.0 Å². The average Bonchev–Trinajstić information content (AvgIpc) is 2.84. The highest BCUT2D eigenvalue weighted by atomic mass is 32.2. The minimum atomic E-state index is -3.64. The molecular formula is C19H21FN2O2S. The van der Waals surface area contributed by atoms with E-state index in [4.69, 9.17) is 0 Å². The molecule has 4 nitrogen and oxygen atoms in total. The number of rotatable bonds is 2. The molecule has 0 aliphatic carbocycles. The number of anilines is 1. The summed E-state index contributed by atoms with van der Waals surface area (Å²) in [6, 6.07) is 10.7. The summed E-state index contributed by atoms with van der Waals surface area (Å²) in [5.74, 6) is -0.106. The molecule has 0 radical (unpaired) electrons. The zero-order valence-corrected chi connectivity index (χ0v) is 14.9. The van der Waals surface area contributed by atoms with Crippen LogP contribution in [0.2, 0.25) is 0 Å². The molecule has 2 atom stereocenters. The zero-order chi connectivity index (χ0) is 17.6. The topological polar surface area (TPSA) is 49.4 Å². The van der Waals surface area contributed by atoms with Gasteiger partial charge in [0.2, 0.25) is 9.84 Å². The molecule has 25 heavy (non-hydrogen) atoms. The SMILES string of the molecule is CN1CC[C@@H]2Nc3ccc(S(=O)(=O)c4ccc(F)cc4)cc3[C@H]2CC1. The van der Waals surface area contributed by atoms with Crippen molar-refractivity contribution >= 4 is 15.5 Å². The Morgan fingerprint density at radius 1 is 1.04 bits per heavy atom. The fraction of sp³-hybridized carbons (Fsp3) is 0.368. The van der Waals surface area contributed by atoms with E-state index in [1.807, 2.05) is 6.07 Å². The van der Waals surface area contributed by atoms with Gasteiger partial charge in [0.25, 0.3) is 0 Å². The van der Waals surface area contributed by atoms with Crippen LogP contribution in [0.5, 0.6) is 0 Å². The largest absolute Gasteiger partial charge is 0.381 e. The fourth-order valence-electron chi connectivity index (χ4n) is 3.87. The molecule has 1 fully saturated rings. The van der Waals surface area contributed by atoms with Gasteiger partial charge in [-0.25, -0.2) is 12.8 Å². The Morgan fingerprint density at radius 2 is 1.72 bits per heavy atom. The maximum Gasteiger partial charge on any atom is 0.206 e. The molecule has 0 aromatic heterocycles. The quantitative estimate of drug-likeness (QED) is 0.835. The third kappa shape index (κ3) is 2.93. The van der Waals surface area contributed by atoms with E-state index < -0.39 is 15.7 Å². The van der Waals surface area contributed by atoms with Crippen LogP contribution in [0.15, 0.2) is 52.3 Å². The highest BCUT2D eigenvalue weighted by molar-refractivity contribution is 7.91. The van der Waals surface area contributed by atoms with Gasteiger partial charge in [0.15, 0.2) is 0 Å². The second-order valence-electron chi connectivity index (χ2n) is 6.94. The van der Waals surface area contributed by atoms with Crippen LogP contribution in [0.1, 0.15) is 24.3 Å². The van der Waals surface area contributed by atoms with Crippen molar-refractivity contribution < 1.29 is 12.8 Å². The molecular weight excluding hydrogens is 339 g/mol. The van der Waals surface area contributed by atoms with Gasteiger partial charge in [-0.05, 0) is 81.0 Å². The summed E-state index contributed by atoms with van der Waals surface area (Å²) in [7, 11) is -1.52. The third-order valence-corrected chi connectivity index (χ3v) is 7.09. The molecule has 2 aliphatic heterocycles. The van der Waals surface area contributed by atoms with Crippen LogP contribution in [0, 0.1) is 5.82 Å². The van der Waals surface area contributed by atoms with Crippen LogP contribution in [-0.2, 0) is 9.84 Å². The molecule has 6 heteroatoms. The first-order chi connectivity index (χ1) is 11.9. The van der Waals surface area contributed by atoms with Crippen molar-refractivity contribution in [3.8, 4) is 0 Å². The molecule has 0 amide bonds. The molecule has 0 spiro atoms. The van der Waals surface area contributed by atoms with Gasteiger partial charge in [0.05, 0.1) is 9.79 Å². The number of hydrogen-bond acceptors (Lipinski definition) is 4. The number of nitrogens with one attached hydrogen (secondary N) is 1. The summed E-state index contributed by atoms with van der Waals surface area (Å²) in [6.07, 6.45) is 2.07. The Labute approximate surface area is 147 Å². The third-order valence-electron chi connectivity index (χ3n) is 5.33. The molecule has 0 unspecified atom stereocenters. The fourth-order valence-corrected chi connectivity index (χ4v) is 5.17. The van der Waals surface area contributed by atoms with Gasteiger partial charge in [0.1, 0.15) is 5.82 Å². The van der Waals surface area contributed by atoms with Gasteiger partial charge >= 0.3 is 0 Å². The summed E-state index contributed by atoms with van der Waals surface area (Å²) in [5, 5.41) is 3.55. The minimum Gasteiger partial charge on any atom is -0.381 e. The number of halogens is 1. The van der Waals surface area contributed by atoms with Crippen molar-refractivity contribution in [2.24, 2.45) is 0 Å². The van der Waals surface area contributed by atoms with E-state index in [0.717, 1.165) is 37.2 Å². The Balaban J connectivity index is 1.71. The van der Waals surface area contributed by atoms with Crippen molar-refractivity contribution in [3.05, 3.63) is 53.8 Å². The van der Waals surface area contributed by atoms with Gasteiger partial charge < -0.3 is 10.2 Å². The molecule has 0 saturated carbocycles. The lowest BCUT2D eigenvalue weighted by atomic mass is 9.91. The first-order valence-corrected chi connectivity index (χ1v) is 10.0. The highest BCUT2D eigenvalue weighted by Gasteiger charge is 2.34. The average molecular weight is 360 g/mol. The van der Waals surface area contributed by atoms with Gasteiger partial charge in [0, 0.05) is 17.6 Å². The molecule has 1 saturated heterocycles. The predicted molar refractivity (Wildman–Crippen MR) is 95.2 cm³/mol. The molecule has 1 N–H and O–H groups in total. The summed E-state index contributed by atoms with van der Waals surface area (Å²) < 4.78 is 38.9. The van der Waals surface area contributed by atoms with E-state index in [-0.39, 0.29) is 9.79 Å². The number of nitrogens with zero attached hydrogens (tertiary/aromatic N) is 1. The van der Waals surface area contributed by atoms with Crippen molar-refractivity contribution in [2.75, 3.05) is 25.5 Å². The molecule has 2 heterocycles. The molecule has 4 rings (SSSR count). The smallest absolute Gasteiger partial charge is 0.206 e. The Morgan fingerprint density at radius 3 is 2.48 bits per heavy atom. The molecule has 2 aromatic rings. The highest BCUT2D eigenvalue weighted by Crippen LogP contribution is 2.42. The van der Waals surface area contributed by atoms with Crippen molar-refractivity contribution in [3.63, 3.8) is 0 Å². The first-order valence-electron chi connectivity index (χ1n) is 8.55. The minimum absolute atomic E-state index is 0.122. The number of benzene rings is 2. The van der Waals surface area contributed by atoms with E-state index in [9.17, 15) is 12.8 Å². The van der Waals surface area contributed by atoms with Gasteiger partial charge in [-0.15, -0.1) is 0 Å².